The maximum absolute atomic E-state index is 8.82. The molecule has 8 nitrogen and oxygen atoms in total. The standard InChI is InChI=1S/Cr.H2O4S.2H2O.2O.Zn/c;1-5(2,3)4;;;;;/h;(H2,1,2,3,4);2*1H2;;;/q+2;;;;;;+2/p-4. The van der Waals surface area contributed by atoms with Gasteiger partial charge in [-0.05, 0) is 0 Å². The van der Waals surface area contributed by atoms with Crippen LogP contribution in [0.5, 0.6) is 0 Å². The minimum absolute atomic E-state index is 0. The first-order chi connectivity index (χ1) is 4.00. The first-order valence-electron chi connectivity index (χ1n) is 1.37. The van der Waals surface area contributed by atoms with Crippen LogP contribution in [0.2, 0.25) is 0 Å². The van der Waals surface area contributed by atoms with Crippen molar-refractivity contribution in [2.24, 2.45) is 0 Å². The summed E-state index contributed by atoms with van der Waals surface area (Å²) in [5.74, 6) is 0. The topological polar surface area (TPSA) is 155 Å². The van der Waals surface area contributed by atoms with Gasteiger partial charge in [-0.25, -0.2) is 0 Å². The van der Waals surface area contributed by atoms with Crippen molar-refractivity contribution < 1.29 is 66.5 Å². The van der Waals surface area contributed by atoms with E-state index in [4.69, 9.17) is 33.4 Å². The number of hydrogen-bond donors (Lipinski definition) is 2. The van der Waals surface area contributed by atoms with E-state index in [2.05, 4.69) is 0 Å². The minimum atomic E-state index is -5.25. The molecule has 0 saturated carbocycles. The maximum Gasteiger partial charge on any atom is 2.00 e. The zero-order valence-electron chi connectivity index (χ0n) is 4.87. The molecule has 0 rings (SSSR count). The molecule has 0 heterocycles. The SMILES string of the molecule is O=S(=O)([O-])[O-].[O]=[Cr](=[O])([OH])[OH].[Zn+2]. The Hall–Kier alpha value is 0.546. The first-order valence-corrected chi connectivity index (χ1v) is 4.88. The average molecular weight is 279 g/mol. The van der Waals surface area contributed by atoms with Crippen molar-refractivity contribution in [3.05, 3.63) is 0 Å². The average Bonchev–Trinajstić information content (AvgIpc) is 1.12. The molecule has 64 valence electrons. The second-order valence-corrected chi connectivity index (χ2v) is 3.07. The minimum Gasteiger partial charge on any atom is 2.00 e. The Morgan fingerprint density at radius 2 is 1.09 bits per heavy atom. The summed E-state index contributed by atoms with van der Waals surface area (Å²) in [7, 11) is -5.17. The van der Waals surface area contributed by atoms with E-state index in [1.165, 1.54) is 0 Å². The van der Waals surface area contributed by atoms with E-state index in [1.54, 1.807) is 0 Å². The Bertz CT molecular complexity index is 210. The van der Waals surface area contributed by atoms with Crippen LogP contribution in [0.3, 0.4) is 0 Å². The molecule has 0 fully saturated rings. The summed E-state index contributed by atoms with van der Waals surface area (Å²) in [6.45, 7) is 0. The Morgan fingerprint density at radius 1 is 1.09 bits per heavy atom. The summed E-state index contributed by atoms with van der Waals surface area (Å²) in [4.78, 5) is 0. The van der Waals surface area contributed by atoms with E-state index < -0.39 is 24.0 Å². The molecule has 0 radical (unpaired) electrons. The zero-order valence-corrected chi connectivity index (χ0v) is 9.93. The predicted molar refractivity (Wildman–Crippen MR) is 16.3 cm³/mol. The Balaban J connectivity index is -0.000000107. The van der Waals surface area contributed by atoms with Gasteiger partial charge in [0.15, 0.2) is 0 Å². The fraction of sp³-hybridized carbons (Fsp3) is 0. The van der Waals surface area contributed by atoms with E-state index in [0.29, 0.717) is 0 Å². The molecule has 0 aromatic heterocycles. The molecular weight excluding hydrogens is 277 g/mol. The Kier molecular flexibility index (Phi) is 9.76. The zero-order chi connectivity index (χ0) is 9.00. The van der Waals surface area contributed by atoms with Gasteiger partial charge < -0.3 is 9.11 Å². The van der Waals surface area contributed by atoms with Gasteiger partial charge in [0.05, 0.1) is 0 Å². The summed E-state index contributed by atoms with van der Waals surface area (Å²) >= 11 is -5.25. The van der Waals surface area contributed by atoms with Crippen LogP contribution in [-0.4, -0.2) is 25.8 Å². The predicted octanol–water partition coefficient (Wildman–Crippen LogP) is -2.69. The third kappa shape index (κ3) is 2580. The van der Waals surface area contributed by atoms with Crippen LogP contribution in [0.15, 0.2) is 0 Å². The van der Waals surface area contributed by atoms with Gasteiger partial charge in [0.25, 0.3) is 0 Å². The summed E-state index contributed by atoms with van der Waals surface area (Å²) in [6, 6.07) is 0. The summed E-state index contributed by atoms with van der Waals surface area (Å²) < 4.78 is 66.0. The van der Waals surface area contributed by atoms with Gasteiger partial charge in [-0.15, -0.1) is 0 Å². The van der Waals surface area contributed by atoms with Crippen molar-refractivity contribution in [3.8, 4) is 0 Å². The summed E-state index contributed by atoms with van der Waals surface area (Å²) in [6.07, 6.45) is 0. The Labute approximate surface area is 77.0 Å². The van der Waals surface area contributed by atoms with Crippen LogP contribution in [0.4, 0.5) is 0 Å². The molecule has 0 saturated heterocycles. The van der Waals surface area contributed by atoms with Crippen molar-refractivity contribution in [3.63, 3.8) is 0 Å². The molecule has 0 aromatic carbocycles. The molecule has 0 unspecified atom stereocenters. The van der Waals surface area contributed by atoms with Gasteiger partial charge in [-0.3, -0.25) is 8.42 Å². The molecule has 0 bridgehead atoms. The molecule has 11 heavy (non-hydrogen) atoms. The maximum atomic E-state index is 8.82. The molecule has 0 aliphatic rings. The fourth-order valence-corrected chi connectivity index (χ4v) is 0. The molecule has 0 atom stereocenters. The fourth-order valence-electron chi connectivity index (χ4n) is 0. The second-order valence-electron chi connectivity index (χ2n) is 0.856. The van der Waals surface area contributed by atoms with Gasteiger partial charge in [0, 0.05) is 10.4 Å². The van der Waals surface area contributed by atoms with Crippen molar-refractivity contribution in [1.82, 2.24) is 0 Å². The van der Waals surface area contributed by atoms with Gasteiger partial charge in [-0.2, -0.15) is 0 Å². The van der Waals surface area contributed by atoms with Crippen LogP contribution < -0.4 is 0 Å². The molecule has 0 aromatic rings. The normalized spacial score (nSPS) is 10.5. The summed E-state index contributed by atoms with van der Waals surface area (Å²) in [5, 5.41) is 0. The molecular formula is H2CrO8SZn. The van der Waals surface area contributed by atoms with E-state index in [-0.39, 0.29) is 19.5 Å². The largest absolute Gasteiger partial charge is 2.00 e. The third-order valence-corrected chi connectivity index (χ3v) is 0. The van der Waals surface area contributed by atoms with Crippen molar-refractivity contribution in [2.45, 2.75) is 0 Å². The van der Waals surface area contributed by atoms with Gasteiger partial charge in [0.2, 0.25) is 0 Å². The van der Waals surface area contributed by atoms with Crippen LogP contribution >= 0.6 is 0 Å². The molecule has 11 heteroatoms. The molecule has 2 N–H and O–H groups in total. The van der Waals surface area contributed by atoms with Crippen molar-refractivity contribution >= 4 is 10.4 Å². The summed E-state index contributed by atoms with van der Waals surface area (Å²) in [5.41, 5.74) is 0. The van der Waals surface area contributed by atoms with E-state index in [0.717, 1.165) is 0 Å². The quantitative estimate of drug-likeness (QED) is 0.276. The van der Waals surface area contributed by atoms with Crippen LogP contribution in [0, 0.1) is 0 Å². The second kappa shape index (κ2) is 6.11. The van der Waals surface area contributed by atoms with Crippen LogP contribution in [0.1, 0.15) is 0 Å². The van der Waals surface area contributed by atoms with Gasteiger partial charge in [0.1, 0.15) is 0 Å². The Morgan fingerprint density at radius 3 is 1.09 bits per heavy atom. The molecule has 0 aliphatic carbocycles. The number of hydrogen-bond acceptors (Lipinski definition) is 6. The molecule has 0 aliphatic heterocycles. The van der Waals surface area contributed by atoms with Gasteiger partial charge >= 0.3 is 49.0 Å². The van der Waals surface area contributed by atoms with Crippen LogP contribution in [-0.2, 0) is 51.1 Å². The first kappa shape index (κ1) is 17.6. The smallest absolute Gasteiger partial charge is 2.00 e. The molecule has 0 spiro atoms. The third-order valence-electron chi connectivity index (χ3n) is 0. The van der Waals surface area contributed by atoms with E-state index in [1.807, 2.05) is 0 Å². The molecule has 0 amide bonds. The monoisotopic (exact) mass is 278 g/mol. The van der Waals surface area contributed by atoms with Crippen molar-refractivity contribution in [1.29, 1.82) is 0 Å². The van der Waals surface area contributed by atoms with Crippen LogP contribution in [0.25, 0.3) is 0 Å². The van der Waals surface area contributed by atoms with E-state index in [9.17, 15) is 0 Å². The van der Waals surface area contributed by atoms with Gasteiger partial charge in [-0.1, -0.05) is 0 Å². The van der Waals surface area contributed by atoms with E-state index >= 15 is 0 Å². The number of rotatable bonds is 0. The van der Waals surface area contributed by atoms with Crippen molar-refractivity contribution in [2.75, 3.05) is 0 Å².